The van der Waals surface area contributed by atoms with E-state index in [0.29, 0.717) is 6.42 Å². The molecule has 0 radical (unpaired) electrons. The van der Waals surface area contributed by atoms with Crippen molar-refractivity contribution in [1.82, 2.24) is 0 Å². The Kier molecular flexibility index (Phi) is 3.61. The van der Waals surface area contributed by atoms with Crippen molar-refractivity contribution in [3.8, 4) is 0 Å². The smallest absolute Gasteiger partial charge is 0.196 e. The molecule has 22 heavy (non-hydrogen) atoms. The molecule has 3 rings (SSSR count). The van der Waals surface area contributed by atoms with Gasteiger partial charge in [-0.15, -0.1) is 0 Å². The number of Topliss-reactive ketones (excluding diaryl/α,β-unsaturated/α-hetero) is 1. The van der Waals surface area contributed by atoms with Crippen molar-refractivity contribution in [3.63, 3.8) is 0 Å². The summed E-state index contributed by atoms with van der Waals surface area (Å²) in [5, 5.41) is 0. The molecule has 2 aliphatic heterocycles. The van der Waals surface area contributed by atoms with Gasteiger partial charge in [0.25, 0.3) is 0 Å². The second-order valence-corrected chi connectivity index (χ2v) is 6.75. The van der Waals surface area contributed by atoms with E-state index in [9.17, 15) is 13.6 Å². The number of rotatable bonds is 4. The summed E-state index contributed by atoms with van der Waals surface area (Å²) in [5.74, 6) is -1.09. The third-order valence-corrected chi connectivity index (χ3v) is 4.96. The molecule has 0 aliphatic carbocycles. The van der Waals surface area contributed by atoms with Crippen molar-refractivity contribution >= 4 is 5.78 Å². The van der Waals surface area contributed by atoms with Crippen molar-refractivity contribution in [2.24, 2.45) is 5.92 Å². The molecule has 0 unspecified atom stereocenters. The highest BCUT2D eigenvalue weighted by Crippen LogP contribution is 2.53. The second kappa shape index (κ2) is 5.10. The molecular formula is C17H20F2O3. The predicted octanol–water partition coefficient (Wildman–Crippen LogP) is 3.40. The number of fused-ring (bicyclic) bond motifs is 2. The van der Waals surface area contributed by atoms with Gasteiger partial charge in [-0.1, -0.05) is 13.8 Å². The quantitative estimate of drug-likeness (QED) is 0.855. The summed E-state index contributed by atoms with van der Waals surface area (Å²) in [6.45, 7) is 5.62. The van der Waals surface area contributed by atoms with Crippen LogP contribution in [0.15, 0.2) is 18.2 Å². The Balaban J connectivity index is 1.79. The lowest BCUT2D eigenvalue weighted by atomic mass is 9.74. The number of halogens is 2. The van der Waals surface area contributed by atoms with Crippen LogP contribution in [0.1, 0.15) is 39.2 Å². The zero-order valence-corrected chi connectivity index (χ0v) is 13.0. The maximum absolute atomic E-state index is 13.7. The number of benzene rings is 1. The minimum absolute atomic E-state index is 0.0568. The highest BCUT2D eigenvalue weighted by atomic mass is 19.1. The van der Waals surface area contributed by atoms with Crippen LogP contribution in [-0.4, -0.2) is 23.1 Å². The number of hydrogen-bond donors (Lipinski definition) is 0. The third kappa shape index (κ3) is 2.18. The van der Waals surface area contributed by atoms with Crippen molar-refractivity contribution in [3.05, 3.63) is 35.4 Å². The molecule has 0 saturated carbocycles. The average Bonchev–Trinajstić information content (AvgIpc) is 2.91. The monoisotopic (exact) mass is 310 g/mol. The van der Waals surface area contributed by atoms with Gasteiger partial charge in [0.15, 0.2) is 5.78 Å². The summed E-state index contributed by atoms with van der Waals surface area (Å²) < 4.78 is 38.6. The highest BCUT2D eigenvalue weighted by molar-refractivity contribution is 5.96. The van der Waals surface area contributed by atoms with E-state index in [2.05, 4.69) is 0 Å². The third-order valence-electron chi connectivity index (χ3n) is 4.96. The fourth-order valence-electron chi connectivity index (χ4n) is 3.58. The second-order valence-electron chi connectivity index (χ2n) is 6.75. The summed E-state index contributed by atoms with van der Waals surface area (Å²) in [5.41, 5.74) is -1.36. The first-order chi connectivity index (χ1) is 10.3. The Morgan fingerprint density at radius 3 is 2.73 bits per heavy atom. The normalized spacial score (nSPS) is 33.9. The van der Waals surface area contributed by atoms with Gasteiger partial charge in [0.2, 0.25) is 0 Å². The van der Waals surface area contributed by atoms with Gasteiger partial charge in [-0.25, -0.2) is 8.78 Å². The Bertz CT molecular complexity index is 616. The number of ether oxygens (including phenoxy) is 2. The molecule has 3 nitrogen and oxygen atoms in total. The Labute approximate surface area is 128 Å². The molecule has 2 bridgehead atoms. The van der Waals surface area contributed by atoms with Gasteiger partial charge in [0, 0.05) is 5.56 Å². The molecule has 0 amide bonds. The topological polar surface area (TPSA) is 35.5 Å². The van der Waals surface area contributed by atoms with Crippen LogP contribution in [0.25, 0.3) is 0 Å². The first-order valence-corrected chi connectivity index (χ1v) is 7.58. The molecule has 0 N–H and O–H groups in total. The lowest BCUT2D eigenvalue weighted by Gasteiger charge is -2.30. The molecule has 0 aromatic heterocycles. The van der Waals surface area contributed by atoms with E-state index in [1.807, 2.05) is 20.8 Å². The van der Waals surface area contributed by atoms with E-state index in [1.54, 1.807) is 0 Å². The molecule has 120 valence electrons. The van der Waals surface area contributed by atoms with Crippen molar-refractivity contribution in [2.75, 3.05) is 0 Å². The van der Waals surface area contributed by atoms with Crippen LogP contribution in [0.3, 0.4) is 0 Å². The number of hydrogen-bond acceptors (Lipinski definition) is 3. The fraction of sp³-hybridized carbons (Fsp3) is 0.588. The molecule has 0 spiro atoms. The lowest BCUT2D eigenvalue weighted by Crippen LogP contribution is -2.48. The van der Waals surface area contributed by atoms with Gasteiger partial charge in [-0.2, -0.15) is 0 Å². The van der Waals surface area contributed by atoms with Gasteiger partial charge in [-0.3, -0.25) is 4.79 Å². The Morgan fingerprint density at radius 1 is 1.36 bits per heavy atom. The predicted molar refractivity (Wildman–Crippen MR) is 76.2 cm³/mol. The lowest BCUT2D eigenvalue weighted by molar-refractivity contribution is -0.139. The molecular weight excluding hydrogens is 290 g/mol. The van der Waals surface area contributed by atoms with Gasteiger partial charge >= 0.3 is 0 Å². The van der Waals surface area contributed by atoms with Crippen molar-refractivity contribution < 1.29 is 23.0 Å². The van der Waals surface area contributed by atoms with Crippen LogP contribution in [0.5, 0.6) is 0 Å². The Hall–Kier alpha value is -1.33. The zero-order valence-electron chi connectivity index (χ0n) is 13.0. The number of carbonyl (C=O) groups is 1. The summed E-state index contributed by atoms with van der Waals surface area (Å²) in [6.07, 6.45) is 0.688. The summed E-state index contributed by atoms with van der Waals surface area (Å²) >= 11 is 0. The van der Waals surface area contributed by atoms with Crippen LogP contribution < -0.4 is 0 Å². The molecule has 2 aliphatic rings. The van der Waals surface area contributed by atoms with E-state index < -0.39 is 28.9 Å². The minimum Gasteiger partial charge on any atom is -0.362 e. The van der Waals surface area contributed by atoms with Crippen molar-refractivity contribution in [1.29, 1.82) is 0 Å². The molecule has 5 heteroatoms. The van der Waals surface area contributed by atoms with Gasteiger partial charge in [-0.05, 0) is 43.9 Å². The number of carbonyl (C=O) groups excluding carboxylic acids is 1. The van der Waals surface area contributed by atoms with Crippen LogP contribution in [0.4, 0.5) is 8.78 Å². The first kappa shape index (κ1) is 15.6. The molecule has 3 atom stereocenters. The number of ketones is 1. The van der Waals surface area contributed by atoms with Crippen LogP contribution in [-0.2, 0) is 20.9 Å². The molecule has 1 aromatic rings. The van der Waals surface area contributed by atoms with E-state index in [-0.39, 0.29) is 23.9 Å². The van der Waals surface area contributed by atoms with E-state index in [4.69, 9.17) is 9.47 Å². The van der Waals surface area contributed by atoms with Gasteiger partial charge < -0.3 is 9.47 Å². The standard InChI is InChI=1S/C17H20F2O3/c1-10(2)17-7-6-16(3,22-17)15(14(17)20)21-9-11-8-12(18)4-5-13(11)19/h4-5,8,10,15H,6-7,9H2,1-3H3/t15-,16+,17+/m1/s1. The molecule has 2 fully saturated rings. The Morgan fingerprint density at radius 2 is 2.09 bits per heavy atom. The van der Waals surface area contributed by atoms with Crippen LogP contribution in [0.2, 0.25) is 0 Å². The zero-order chi connectivity index (χ0) is 16.1. The maximum Gasteiger partial charge on any atom is 0.196 e. The largest absolute Gasteiger partial charge is 0.362 e. The SMILES string of the molecule is CC(C)[C@]12CC[C@](C)(O1)[C@H](OCc1cc(F)ccc1F)C2=O. The van der Waals surface area contributed by atoms with E-state index >= 15 is 0 Å². The highest BCUT2D eigenvalue weighted by Gasteiger charge is 2.67. The first-order valence-electron chi connectivity index (χ1n) is 7.58. The van der Waals surface area contributed by atoms with Gasteiger partial charge in [0.1, 0.15) is 28.9 Å². The summed E-state index contributed by atoms with van der Waals surface area (Å²) in [7, 11) is 0. The summed E-state index contributed by atoms with van der Waals surface area (Å²) in [4.78, 5) is 12.7. The van der Waals surface area contributed by atoms with E-state index in [1.165, 1.54) is 0 Å². The fourth-order valence-corrected chi connectivity index (χ4v) is 3.58. The molecule has 2 heterocycles. The van der Waals surface area contributed by atoms with Gasteiger partial charge in [0.05, 0.1) is 6.61 Å². The van der Waals surface area contributed by atoms with E-state index in [0.717, 1.165) is 24.6 Å². The maximum atomic E-state index is 13.7. The molecule has 1 aromatic carbocycles. The van der Waals surface area contributed by atoms with Crippen LogP contribution in [0, 0.1) is 17.6 Å². The summed E-state index contributed by atoms with van der Waals surface area (Å²) in [6, 6.07) is 3.21. The average molecular weight is 310 g/mol. The molecule has 2 saturated heterocycles. The van der Waals surface area contributed by atoms with Crippen molar-refractivity contribution in [2.45, 2.75) is 57.5 Å². The minimum atomic E-state index is -0.792. The van der Waals surface area contributed by atoms with Crippen LogP contribution >= 0.6 is 0 Å².